The van der Waals surface area contributed by atoms with Gasteiger partial charge in [-0.3, -0.25) is 4.99 Å². The van der Waals surface area contributed by atoms with Crippen LogP contribution < -0.4 is 20.1 Å². The van der Waals surface area contributed by atoms with E-state index in [0.717, 1.165) is 29.6 Å². The predicted octanol–water partition coefficient (Wildman–Crippen LogP) is 2.17. The Bertz CT molecular complexity index is 574. The molecule has 1 aromatic rings. The Hall–Kier alpha value is -2.35. The Balaban J connectivity index is 2.94. The average molecular weight is 317 g/mol. The lowest BCUT2D eigenvalue weighted by Gasteiger charge is -2.25. The summed E-state index contributed by atoms with van der Waals surface area (Å²) < 4.78 is 10.7. The largest absolute Gasteiger partial charge is 0.493 e. The maximum atomic E-state index is 5.38. The summed E-state index contributed by atoms with van der Waals surface area (Å²) in [6.45, 7) is 8.15. The molecule has 0 aliphatic rings. The number of hydrogen-bond acceptors (Lipinski definition) is 3. The van der Waals surface area contributed by atoms with Gasteiger partial charge in [0.25, 0.3) is 0 Å². The van der Waals surface area contributed by atoms with Crippen molar-refractivity contribution in [2.75, 3.05) is 33.9 Å². The second kappa shape index (κ2) is 8.94. The first-order valence-corrected chi connectivity index (χ1v) is 7.66. The van der Waals surface area contributed by atoms with Crippen molar-refractivity contribution >= 4 is 5.96 Å². The summed E-state index contributed by atoms with van der Waals surface area (Å²) in [6.07, 6.45) is 5.28. The van der Waals surface area contributed by atoms with Crippen molar-refractivity contribution in [3.63, 3.8) is 0 Å². The molecule has 0 amide bonds. The topological polar surface area (TPSA) is 54.9 Å². The number of guanidine groups is 1. The molecule has 1 aromatic carbocycles. The molecule has 126 valence electrons. The fraction of sp³-hybridized carbons (Fsp3) is 0.500. The van der Waals surface area contributed by atoms with Crippen LogP contribution in [0.1, 0.15) is 26.3 Å². The predicted molar refractivity (Wildman–Crippen MR) is 95.4 cm³/mol. The molecule has 2 N–H and O–H groups in total. The summed E-state index contributed by atoms with van der Waals surface area (Å²) in [6, 6.07) is 5.95. The maximum Gasteiger partial charge on any atom is 0.192 e. The minimum absolute atomic E-state index is 0.155. The SMILES string of the molecule is C#CCNC(=NCC(C)(C)c1ccc(OC)c(OC)c1)NCC. The summed E-state index contributed by atoms with van der Waals surface area (Å²) in [4.78, 5) is 4.62. The van der Waals surface area contributed by atoms with E-state index in [1.807, 2.05) is 25.1 Å². The van der Waals surface area contributed by atoms with Gasteiger partial charge in [0.2, 0.25) is 0 Å². The van der Waals surface area contributed by atoms with Crippen molar-refractivity contribution in [2.24, 2.45) is 4.99 Å². The summed E-state index contributed by atoms with van der Waals surface area (Å²) in [7, 11) is 3.27. The average Bonchev–Trinajstić information content (AvgIpc) is 2.56. The van der Waals surface area contributed by atoms with Gasteiger partial charge in [0.15, 0.2) is 17.5 Å². The maximum absolute atomic E-state index is 5.38. The van der Waals surface area contributed by atoms with Crippen LogP contribution in [0.15, 0.2) is 23.2 Å². The van der Waals surface area contributed by atoms with Gasteiger partial charge >= 0.3 is 0 Å². The van der Waals surface area contributed by atoms with Gasteiger partial charge in [0, 0.05) is 12.0 Å². The highest BCUT2D eigenvalue weighted by molar-refractivity contribution is 5.80. The molecule has 0 heterocycles. The molecular weight excluding hydrogens is 290 g/mol. The molecule has 23 heavy (non-hydrogen) atoms. The monoisotopic (exact) mass is 317 g/mol. The summed E-state index contributed by atoms with van der Waals surface area (Å²) in [5.41, 5.74) is 0.976. The van der Waals surface area contributed by atoms with Gasteiger partial charge < -0.3 is 20.1 Å². The number of rotatable bonds is 7. The van der Waals surface area contributed by atoms with Crippen molar-refractivity contribution in [1.82, 2.24) is 10.6 Å². The molecule has 0 aliphatic heterocycles. The van der Waals surface area contributed by atoms with Crippen LogP contribution in [0.5, 0.6) is 11.5 Å². The van der Waals surface area contributed by atoms with Crippen LogP contribution in [-0.4, -0.2) is 39.8 Å². The van der Waals surface area contributed by atoms with Gasteiger partial charge in [-0.15, -0.1) is 6.42 Å². The van der Waals surface area contributed by atoms with Gasteiger partial charge in [0.05, 0.1) is 27.3 Å². The molecule has 0 radical (unpaired) electrons. The van der Waals surface area contributed by atoms with E-state index in [1.165, 1.54) is 0 Å². The second-order valence-electron chi connectivity index (χ2n) is 5.71. The van der Waals surface area contributed by atoms with Crippen LogP contribution in [0.2, 0.25) is 0 Å². The molecule has 5 nitrogen and oxygen atoms in total. The lowest BCUT2D eigenvalue weighted by molar-refractivity contribution is 0.353. The lowest BCUT2D eigenvalue weighted by atomic mass is 9.84. The highest BCUT2D eigenvalue weighted by Crippen LogP contribution is 2.33. The molecule has 0 bridgehead atoms. The molecule has 0 saturated carbocycles. The van der Waals surface area contributed by atoms with E-state index in [-0.39, 0.29) is 5.41 Å². The third-order valence-electron chi connectivity index (χ3n) is 3.50. The van der Waals surface area contributed by atoms with E-state index in [4.69, 9.17) is 15.9 Å². The second-order valence-corrected chi connectivity index (χ2v) is 5.71. The van der Waals surface area contributed by atoms with E-state index >= 15 is 0 Å². The molecule has 0 fully saturated rings. The Morgan fingerprint density at radius 3 is 2.48 bits per heavy atom. The lowest BCUT2D eigenvalue weighted by Crippen LogP contribution is -2.38. The zero-order valence-electron chi connectivity index (χ0n) is 14.7. The molecule has 0 aromatic heterocycles. The van der Waals surface area contributed by atoms with Crippen molar-refractivity contribution in [3.05, 3.63) is 23.8 Å². The van der Waals surface area contributed by atoms with E-state index in [1.54, 1.807) is 14.2 Å². The van der Waals surface area contributed by atoms with Gasteiger partial charge in [-0.05, 0) is 24.6 Å². The van der Waals surface area contributed by atoms with Crippen molar-refractivity contribution in [1.29, 1.82) is 0 Å². The highest BCUT2D eigenvalue weighted by atomic mass is 16.5. The molecule has 0 saturated heterocycles. The molecular formula is C18H27N3O2. The van der Waals surface area contributed by atoms with E-state index in [9.17, 15) is 0 Å². The zero-order valence-corrected chi connectivity index (χ0v) is 14.7. The Morgan fingerprint density at radius 1 is 1.22 bits per heavy atom. The normalized spacial score (nSPS) is 11.6. The number of terminal acetylenes is 1. The Kier molecular flexibility index (Phi) is 7.27. The van der Waals surface area contributed by atoms with Gasteiger partial charge in [-0.25, -0.2) is 0 Å². The van der Waals surface area contributed by atoms with Crippen LogP contribution in [0, 0.1) is 12.3 Å². The van der Waals surface area contributed by atoms with Gasteiger partial charge in [0.1, 0.15) is 0 Å². The summed E-state index contributed by atoms with van der Waals surface area (Å²) in [5.74, 6) is 4.72. The van der Waals surface area contributed by atoms with Gasteiger partial charge in [-0.2, -0.15) is 0 Å². The van der Waals surface area contributed by atoms with E-state index in [0.29, 0.717) is 13.1 Å². The first kappa shape index (κ1) is 18.7. The van der Waals surface area contributed by atoms with E-state index < -0.39 is 0 Å². The zero-order chi connectivity index (χ0) is 17.3. The Morgan fingerprint density at radius 2 is 1.91 bits per heavy atom. The molecule has 1 rings (SSSR count). The highest BCUT2D eigenvalue weighted by Gasteiger charge is 2.22. The number of nitrogens with zero attached hydrogens (tertiary/aromatic N) is 1. The molecule has 0 atom stereocenters. The smallest absolute Gasteiger partial charge is 0.192 e. The minimum Gasteiger partial charge on any atom is -0.493 e. The quantitative estimate of drug-likeness (QED) is 0.460. The number of ether oxygens (including phenoxy) is 2. The summed E-state index contributed by atoms with van der Waals surface area (Å²) in [5, 5.41) is 6.27. The summed E-state index contributed by atoms with van der Waals surface area (Å²) >= 11 is 0. The third-order valence-corrected chi connectivity index (χ3v) is 3.50. The van der Waals surface area contributed by atoms with Crippen molar-refractivity contribution in [3.8, 4) is 23.8 Å². The first-order valence-electron chi connectivity index (χ1n) is 7.66. The number of benzene rings is 1. The number of hydrogen-bond donors (Lipinski definition) is 2. The van der Waals surface area contributed by atoms with E-state index in [2.05, 4.69) is 35.4 Å². The van der Waals surface area contributed by atoms with Crippen LogP contribution in [0.25, 0.3) is 0 Å². The standard InChI is InChI=1S/C18H27N3O2/c1-7-11-20-17(19-8-2)21-13-18(3,4)14-9-10-15(22-5)16(12-14)23-6/h1,9-10,12H,8,11,13H2,2-6H3,(H2,19,20,21). The number of nitrogens with one attached hydrogen (secondary N) is 2. The van der Waals surface area contributed by atoms with Gasteiger partial charge in [-0.1, -0.05) is 25.8 Å². The molecule has 5 heteroatoms. The number of aliphatic imine (C=N–C) groups is 1. The van der Waals surface area contributed by atoms with Crippen LogP contribution in [0.4, 0.5) is 0 Å². The van der Waals surface area contributed by atoms with Crippen LogP contribution >= 0.6 is 0 Å². The fourth-order valence-electron chi connectivity index (χ4n) is 2.10. The van der Waals surface area contributed by atoms with Crippen LogP contribution in [0.3, 0.4) is 0 Å². The minimum atomic E-state index is -0.155. The van der Waals surface area contributed by atoms with Crippen molar-refractivity contribution < 1.29 is 9.47 Å². The van der Waals surface area contributed by atoms with Crippen molar-refractivity contribution in [2.45, 2.75) is 26.2 Å². The fourth-order valence-corrected chi connectivity index (χ4v) is 2.10. The third kappa shape index (κ3) is 5.41. The molecule has 0 spiro atoms. The Labute approximate surface area is 139 Å². The van der Waals surface area contributed by atoms with Crippen LogP contribution in [-0.2, 0) is 5.41 Å². The molecule has 0 unspecified atom stereocenters. The first-order chi connectivity index (χ1) is 11.0. The molecule has 0 aliphatic carbocycles. The number of methoxy groups -OCH3 is 2.